The molecule has 0 aliphatic heterocycles. The average Bonchev–Trinajstić information content (AvgIpc) is 2.10. The van der Waals surface area contributed by atoms with E-state index >= 15 is 0 Å². The molecular weight excluding hydrogens is 280 g/mol. The number of esters is 1. The molecule has 0 N–H and O–H groups in total. The molecule has 0 saturated carbocycles. The Morgan fingerprint density at radius 2 is 1.94 bits per heavy atom. The third-order valence-corrected chi connectivity index (χ3v) is 2.60. The number of carbonyl (C=O) groups is 1. The Balaban J connectivity index is 2.53. The maximum absolute atomic E-state index is 11.6. The van der Waals surface area contributed by atoms with Crippen LogP contribution in [-0.2, 0) is 16.0 Å². The summed E-state index contributed by atoms with van der Waals surface area (Å²) in [5.41, 5.74) is 1.95. The molecule has 0 amide bonds. The molecule has 2 nitrogen and oxygen atoms in total. The summed E-state index contributed by atoms with van der Waals surface area (Å²) in [4.78, 5) is 11.6. The van der Waals surface area contributed by atoms with Crippen LogP contribution in [0.15, 0.2) is 22.7 Å². The number of benzene rings is 1. The molecule has 17 heavy (non-hydrogen) atoms. The number of aryl methyl sites for hydroxylation is 2. The molecule has 1 rings (SSSR count). The van der Waals surface area contributed by atoms with Crippen molar-refractivity contribution in [1.29, 1.82) is 0 Å². The standard InChI is InChI=1S/C14H19BrO2/c1-10-7-11(9-12(15)8-10)5-6-13(16)17-14(2,3)4/h7-9H,5-6H2,1-4H3. The number of hydrogen-bond donors (Lipinski definition) is 0. The number of rotatable bonds is 3. The molecule has 0 fully saturated rings. The fraction of sp³-hybridized carbons (Fsp3) is 0.500. The predicted molar refractivity (Wildman–Crippen MR) is 73.0 cm³/mol. The largest absolute Gasteiger partial charge is 0.460 e. The van der Waals surface area contributed by atoms with Gasteiger partial charge in [0.15, 0.2) is 0 Å². The Labute approximate surface area is 111 Å². The summed E-state index contributed by atoms with van der Waals surface area (Å²) in [5, 5.41) is 0. The van der Waals surface area contributed by atoms with Crippen LogP contribution in [0.25, 0.3) is 0 Å². The van der Waals surface area contributed by atoms with Crippen molar-refractivity contribution in [1.82, 2.24) is 0 Å². The van der Waals surface area contributed by atoms with Gasteiger partial charge in [0.25, 0.3) is 0 Å². The third-order valence-electron chi connectivity index (χ3n) is 2.14. The highest BCUT2D eigenvalue weighted by Gasteiger charge is 2.15. The van der Waals surface area contributed by atoms with Crippen molar-refractivity contribution in [2.24, 2.45) is 0 Å². The van der Waals surface area contributed by atoms with Crippen LogP contribution in [-0.4, -0.2) is 11.6 Å². The number of ether oxygens (including phenoxy) is 1. The fourth-order valence-electron chi connectivity index (χ4n) is 1.60. The van der Waals surface area contributed by atoms with E-state index in [0.717, 1.165) is 16.5 Å². The second-order valence-corrected chi connectivity index (χ2v) is 6.14. The van der Waals surface area contributed by atoms with E-state index in [1.807, 2.05) is 33.8 Å². The van der Waals surface area contributed by atoms with Gasteiger partial charge in [-0.2, -0.15) is 0 Å². The fourth-order valence-corrected chi connectivity index (χ4v) is 2.25. The Morgan fingerprint density at radius 1 is 1.29 bits per heavy atom. The molecular formula is C14H19BrO2. The van der Waals surface area contributed by atoms with Gasteiger partial charge in [0.2, 0.25) is 0 Å². The van der Waals surface area contributed by atoms with Gasteiger partial charge >= 0.3 is 5.97 Å². The van der Waals surface area contributed by atoms with Crippen LogP contribution in [0.4, 0.5) is 0 Å². The smallest absolute Gasteiger partial charge is 0.306 e. The molecule has 1 aromatic rings. The maximum atomic E-state index is 11.6. The first kappa shape index (κ1) is 14.2. The van der Waals surface area contributed by atoms with Crippen LogP contribution in [0.2, 0.25) is 0 Å². The molecule has 1 aromatic carbocycles. The van der Waals surface area contributed by atoms with Gasteiger partial charge in [-0.25, -0.2) is 0 Å². The lowest BCUT2D eigenvalue weighted by Gasteiger charge is -2.19. The molecule has 0 heterocycles. The van der Waals surface area contributed by atoms with E-state index in [1.165, 1.54) is 5.56 Å². The first-order valence-corrected chi connectivity index (χ1v) is 6.53. The molecule has 3 heteroatoms. The summed E-state index contributed by atoms with van der Waals surface area (Å²) in [6.07, 6.45) is 1.14. The van der Waals surface area contributed by atoms with Crippen molar-refractivity contribution in [2.45, 2.75) is 46.1 Å². The molecule has 0 unspecified atom stereocenters. The van der Waals surface area contributed by atoms with Crippen LogP contribution < -0.4 is 0 Å². The van der Waals surface area contributed by atoms with Crippen molar-refractivity contribution in [3.8, 4) is 0 Å². The lowest BCUT2D eigenvalue weighted by molar-refractivity contribution is -0.154. The molecule has 0 aromatic heterocycles. The number of halogens is 1. The second kappa shape index (κ2) is 5.67. The van der Waals surface area contributed by atoms with E-state index in [9.17, 15) is 4.79 Å². The summed E-state index contributed by atoms with van der Waals surface area (Å²) in [6, 6.07) is 6.18. The quantitative estimate of drug-likeness (QED) is 0.788. The van der Waals surface area contributed by atoms with Gasteiger partial charge in [0, 0.05) is 10.9 Å². The van der Waals surface area contributed by atoms with E-state index in [1.54, 1.807) is 0 Å². The molecule has 94 valence electrons. The van der Waals surface area contributed by atoms with Gasteiger partial charge in [0.1, 0.15) is 5.60 Å². The minimum Gasteiger partial charge on any atom is -0.460 e. The summed E-state index contributed by atoms with van der Waals surface area (Å²) in [6.45, 7) is 7.69. The predicted octanol–water partition coefficient (Wildman–Crippen LogP) is 4.03. The highest BCUT2D eigenvalue weighted by Crippen LogP contribution is 2.17. The Kier molecular flexibility index (Phi) is 4.75. The van der Waals surface area contributed by atoms with Gasteiger partial charge in [-0.15, -0.1) is 0 Å². The van der Waals surface area contributed by atoms with Gasteiger partial charge in [-0.3, -0.25) is 4.79 Å². The summed E-state index contributed by atoms with van der Waals surface area (Å²) < 4.78 is 6.32. The van der Waals surface area contributed by atoms with E-state index in [2.05, 4.69) is 28.1 Å². The SMILES string of the molecule is Cc1cc(Br)cc(CCC(=O)OC(C)(C)C)c1. The van der Waals surface area contributed by atoms with E-state index in [-0.39, 0.29) is 5.97 Å². The monoisotopic (exact) mass is 298 g/mol. The van der Waals surface area contributed by atoms with Crippen LogP contribution in [0, 0.1) is 6.92 Å². The highest BCUT2D eigenvalue weighted by molar-refractivity contribution is 9.10. The van der Waals surface area contributed by atoms with Crippen molar-refractivity contribution in [3.05, 3.63) is 33.8 Å². The van der Waals surface area contributed by atoms with Crippen LogP contribution in [0.5, 0.6) is 0 Å². The summed E-state index contributed by atoms with van der Waals surface area (Å²) >= 11 is 3.45. The van der Waals surface area contributed by atoms with Gasteiger partial charge < -0.3 is 4.74 Å². The molecule has 0 saturated heterocycles. The number of carbonyl (C=O) groups excluding carboxylic acids is 1. The van der Waals surface area contributed by atoms with E-state index in [0.29, 0.717) is 6.42 Å². The summed E-state index contributed by atoms with van der Waals surface area (Å²) in [7, 11) is 0. The second-order valence-electron chi connectivity index (χ2n) is 5.22. The van der Waals surface area contributed by atoms with Crippen molar-refractivity contribution < 1.29 is 9.53 Å². The third kappa shape index (κ3) is 5.87. The molecule has 0 bridgehead atoms. The van der Waals surface area contributed by atoms with E-state index in [4.69, 9.17) is 4.74 Å². The lowest BCUT2D eigenvalue weighted by Crippen LogP contribution is -2.24. The van der Waals surface area contributed by atoms with Gasteiger partial charge in [-0.1, -0.05) is 22.0 Å². The molecule has 0 atom stereocenters. The first-order chi connectivity index (χ1) is 7.76. The topological polar surface area (TPSA) is 26.3 Å². The first-order valence-electron chi connectivity index (χ1n) is 5.74. The zero-order valence-corrected chi connectivity index (χ0v) is 12.4. The van der Waals surface area contributed by atoms with Crippen molar-refractivity contribution in [2.75, 3.05) is 0 Å². The molecule has 0 spiro atoms. The minimum absolute atomic E-state index is 0.143. The summed E-state index contributed by atoms with van der Waals surface area (Å²) in [5.74, 6) is -0.143. The molecule has 0 aliphatic rings. The molecule has 0 aliphatic carbocycles. The Bertz CT molecular complexity index is 385. The maximum Gasteiger partial charge on any atom is 0.306 e. The average molecular weight is 299 g/mol. The Morgan fingerprint density at radius 3 is 2.47 bits per heavy atom. The Hall–Kier alpha value is -0.830. The minimum atomic E-state index is -0.399. The lowest BCUT2D eigenvalue weighted by atomic mass is 10.1. The van der Waals surface area contributed by atoms with Crippen LogP contribution >= 0.6 is 15.9 Å². The van der Waals surface area contributed by atoms with Gasteiger partial charge in [-0.05, 0) is 57.4 Å². The van der Waals surface area contributed by atoms with Crippen molar-refractivity contribution in [3.63, 3.8) is 0 Å². The number of hydrogen-bond acceptors (Lipinski definition) is 2. The van der Waals surface area contributed by atoms with Crippen LogP contribution in [0.1, 0.15) is 38.3 Å². The normalized spacial score (nSPS) is 11.4. The highest BCUT2D eigenvalue weighted by atomic mass is 79.9. The van der Waals surface area contributed by atoms with Gasteiger partial charge in [0.05, 0.1) is 0 Å². The zero-order chi connectivity index (χ0) is 13.1. The zero-order valence-electron chi connectivity index (χ0n) is 10.8. The van der Waals surface area contributed by atoms with Crippen LogP contribution in [0.3, 0.4) is 0 Å². The van der Waals surface area contributed by atoms with E-state index < -0.39 is 5.60 Å². The van der Waals surface area contributed by atoms with Crippen molar-refractivity contribution >= 4 is 21.9 Å². The molecule has 0 radical (unpaired) electrons.